The number of carbonyl (C=O) groups is 2. The molecule has 0 aliphatic rings. The van der Waals surface area contributed by atoms with Gasteiger partial charge >= 0.3 is 5.97 Å². The van der Waals surface area contributed by atoms with Gasteiger partial charge < -0.3 is 28.5 Å². The molecule has 3 atom stereocenters. The molecule has 0 heterocycles. The zero-order valence-corrected chi connectivity index (χ0v) is 50.1. The summed E-state index contributed by atoms with van der Waals surface area (Å²) in [5.41, 5.74) is 0. The van der Waals surface area contributed by atoms with E-state index in [9.17, 15) is 19.0 Å². The van der Waals surface area contributed by atoms with Crippen molar-refractivity contribution >= 4 is 19.7 Å². The number of nitrogens with one attached hydrogen (secondary N) is 1. The lowest BCUT2D eigenvalue weighted by Crippen LogP contribution is -2.47. The molecule has 0 aliphatic heterocycles. The van der Waals surface area contributed by atoms with E-state index in [1.165, 1.54) is 83.5 Å². The molecule has 1 N–H and O–H groups in total. The Balaban J connectivity index is 5.24. The van der Waals surface area contributed by atoms with Crippen molar-refractivity contribution in [2.24, 2.45) is 0 Å². The average molecular weight is 1070 g/mol. The number of quaternary nitrogens is 1. The number of ether oxygens (including phenoxy) is 1. The number of phosphoric ester groups is 1. The molecule has 0 aromatic carbocycles. The van der Waals surface area contributed by atoms with Crippen molar-refractivity contribution in [1.29, 1.82) is 0 Å². The van der Waals surface area contributed by atoms with Crippen molar-refractivity contribution in [2.75, 3.05) is 40.9 Å². The maximum absolute atomic E-state index is 13.5. The average Bonchev–Trinajstić information content (AvgIpc) is 3.37. The number of nitrogens with zero attached hydrogens (tertiary/aromatic N) is 1. The van der Waals surface area contributed by atoms with Gasteiger partial charge in [0, 0.05) is 12.8 Å². The molecule has 3 unspecified atom stereocenters. The van der Waals surface area contributed by atoms with Crippen LogP contribution in [0.15, 0.2) is 97.2 Å². The Hall–Kier alpha value is -3.07. The van der Waals surface area contributed by atoms with E-state index in [1.54, 1.807) is 0 Å². The Kier molecular flexibility index (Phi) is 52.1. The van der Waals surface area contributed by atoms with Gasteiger partial charge in [-0.05, 0) is 102 Å². The van der Waals surface area contributed by atoms with Crippen LogP contribution in [0.1, 0.15) is 252 Å². The number of unbranched alkanes of at least 4 members (excludes halogenated alkanes) is 25. The third-order valence-corrected chi connectivity index (χ3v) is 14.0. The minimum Gasteiger partial charge on any atom is -0.756 e. The summed E-state index contributed by atoms with van der Waals surface area (Å²) in [6, 6.07) is -0.904. The first-order valence-electron chi connectivity index (χ1n) is 30.6. The van der Waals surface area contributed by atoms with E-state index in [0.29, 0.717) is 23.9 Å². The quantitative estimate of drug-likeness (QED) is 0.0161. The highest BCUT2D eigenvalue weighted by Gasteiger charge is 2.27. The summed E-state index contributed by atoms with van der Waals surface area (Å²) in [6.45, 7) is 6.67. The Labute approximate surface area is 462 Å². The summed E-state index contributed by atoms with van der Waals surface area (Å²) in [7, 11) is 1.16. The van der Waals surface area contributed by atoms with Crippen LogP contribution in [-0.2, 0) is 27.9 Å². The van der Waals surface area contributed by atoms with Crippen LogP contribution in [0.5, 0.6) is 0 Å². The van der Waals surface area contributed by atoms with Crippen molar-refractivity contribution in [1.82, 2.24) is 5.32 Å². The zero-order chi connectivity index (χ0) is 55.0. The molecule has 10 heteroatoms. The number of hydrogen-bond donors (Lipinski definition) is 1. The van der Waals surface area contributed by atoms with Crippen molar-refractivity contribution in [3.8, 4) is 0 Å². The predicted octanol–water partition coefficient (Wildman–Crippen LogP) is 18.1. The molecule has 9 nitrogen and oxygen atoms in total. The van der Waals surface area contributed by atoms with Gasteiger partial charge in [0.1, 0.15) is 19.3 Å². The van der Waals surface area contributed by atoms with Crippen LogP contribution in [0.3, 0.4) is 0 Å². The van der Waals surface area contributed by atoms with Gasteiger partial charge in [0.05, 0.1) is 33.8 Å². The topological polar surface area (TPSA) is 114 Å². The minimum absolute atomic E-state index is 0.0310. The predicted molar refractivity (Wildman–Crippen MR) is 321 cm³/mol. The van der Waals surface area contributed by atoms with Crippen LogP contribution >= 0.6 is 7.82 Å². The maximum Gasteiger partial charge on any atom is 0.306 e. The molecule has 0 saturated heterocycles. The number of likely N-dealkylation sites (N-methyl/N-ethyl adjacent to an activating group) is 1. The molecule has 0 rings (SSSR count). The number of carbonyl (C=O) groups excluding carboxylic acids is 2. The third kappa shape index (κ3) is 55.5. The number of allylic oxidation sites excluding steroid dienone is 15. The highest BCUT2D eigenvalue weighted by Crippen LogP contribution is 2.38. The lowest BCUT2D eigenvalue weighted by atomic mass is 10.1. The highest BCUT2D eigenvalue weighted by atomic mass is 31.2. The van der Waals surface area contributed by atoms with E-state index < -0.39 is 26.6 Å². The summed E-state index contributed by atoms with van der Waals surface area (Å²) < 4.78 is 30.3. The molecule has 75 heavy (non-hydrogen) atoms. The fraction of sp³-hybridized carbons (Fsp3) is 0.723. The van der Waals surface area contributed by atoms with Crippen LogP contribution in [-0.4, -0.2) is 69.4 Å². The highest BCUT2D eigenvalue weighted by molar-refractivity contribution is 7.45. The standard InChI is InChI=1S/C65H115N2O7P/c1-7-10-13-16-19-22-25-27-29-30-31-32-33-34-35-36-38-40-43-46-49-52-55-58-65(69)74-63(56-53-50-47-44-41-24-21-18-15-12-9-3)62(61-73-75(70,71)72-60-59-67(4,5)6)66-64(68)57-54-51-48-45-42-39-37-28-26-23-20-17-14-11-8-2/h10,13,19-20,22-23,26-29,31-32,34-35,53,56,62-63H,7-9,11-12,14-18,21,24-25,30,33,36-52,54-55,57-61H2,1-6H3,(H-,66,68,70,71)/b13-10-,22-19-,23-20+,28-26+,29-27-,32-31-,35-34-,56-53-. The Bertz CT molecular complexity index is 1610. The normalized spacial score (nSPS) is 14.4. The largest absolute Gasteiger partial charge is 0.756 e. The summed E-state index contributed by atoms with van der Waals surface area (Å²) in [4.78, 5) is 39.9. The van der Waals surface area contributed by atoms with E-state index in [-0.39, 0.29) is 24.9 Å². The van der Waals surface area contributed by atoms with Crippen LogP contribution in [0.2, 0.25) is 0 Å². The summed E-state index contributed by atoms with van der Waals surface area (Å²) >= 11 is 0. The summed E-state index contributed by atoms with van der Waals surface area (Å²) in [5, 5.41) is 3.01. The molecule has 0 aliphatic carbocycles. The fourth-order valence-electron chi connectivity index (χ4n) is 8.30. The van der Waals surface area contributed by atoms with Gasteiger partial charge in [-0.1, -0.05) is 234 Å². The van der Waals surface area contributed by atoms with E-state index >= 15 is 0 Å². The first-order valence-corrected chi connectivity index (χ1v) is 32.0. The van der Waals surface area contributed by atoms with Crippen LogP contribution in [0, 0.1) is 0 Å². The lowest BCUT2D eigenvalue weighted by Gasteiger charge is -2.30. The van der Waals surface area contributed by atoms with Gasteiger partial charge in [-0.2, -0.15) is 0 Å². The van der Waals surface area contributed by atoms with Crippen molar-refractivity contribution < 1.29 is 37.3 Å². The fourth-order valence-corrected chi connectivity index (χ4v) is 9.03. The van der Waals surface area contributed by atoms with E-state index in [4.69, 9.17) is 13.8 Å². The number of phosphoric acid groups is 1. The Morgan fingerprint density at radius 1 is 0.493 bits per heavy atom. The van der Waals surface area contributed by atoms with Crippen LogP contribution in [0.25, 0.3) is 0 Å². The molecule has 0 aromatic heterocycles. The Morgan fingerprint density at radius 3 is 1.39 bits per heavy atom. The van der Waals surface area contributed by atoms with E-state index in [0.717, 1.165) is 128 Å². The molecular weight excluding hydrogens is 952 g/mol. The van der Waals surface area contributed by atoms with Crippen molar-refractivity contribution in [2.45, 2.75) is 264 Å². The SMILES string of the molecule is CC/C=C\C/C=C\C/C=C\C/C=C\C/C=C\CCCCCCCCCC(=O)OC(/C=C\CCCCCCCCCCC)C(COP(=O)([O-])OCC[N+](C)(C)C)NC(=O)CCCCCCCC/C=C/C=C/CCCCC. The number of hydrogen-bond acceptors (Lipinski definition) is 7. The second-order valence-electron chi connectivity index (χ2n) is 21.5. The molecule has 432 valence electrons. The Morgan fingerprint density at radius 2 is 0.893 bits per heavy atom. The number of rotatable bonds is 54. The smallest absolute Gasteiger partial charge is 0.306 e. The number of amides is 1. The minimum atomic E-state index is -4.71. The van der Waals surface area contributed by atoms with Crippen LogP contribution < -0.4 is 10.2 Å². The molecule has 0 radical (unpaired) electrons. The van der Waals surface area contributed by atoms with Gasteiger partial charge in [-0.15, -0.1) is 0 Å². The molecular formula is C65H115N2O7P. The molecule has 0 fully saturated rings. The van der Waals surface area contributed by atoms with Gasteiger partial charge in [-0.25, -0.2) is 0 Å². The first kappa shape index (κ1) is 71.9. The third-order valence-electron chi connectivity index (χ3n) is 13.0. The van der Waals surface area contributed by atoms with E-state index in [1.807, 2.05) is 33.3 Å². The number of esters is 1. The van der Waals surface area contributed by atoms with Crippen molar-refractivity contribution in [3.05, 3.63) is 97.2 Å². The monoisotopic (exact) mass is 1070 g/mol. The lowest BCUT2D eigenvalue weighted by molar-refractivity contribution is -0.870. The van der Waals surface area contributed by atoms with Gasteiger partial charge in [0.2, 0.25) is 5.91 Å². The molecule has 0 spiro atoms. The maximum atomic E-state index is 13.5. The molecule has 0 saturated carbocycles. The second kappa shape index (κ2) is 54.3. The van der Waals surface area contributed by atoms with Gasteiger partial charge in [0.15, 0.2) is 0 Å². The second-order valence-corrected chi connectivity index (χ2v) is 22.9. The molecule has 1 amide bonds. The summed E-state index contributed by atoms with van der Waals surface area (Å²) in [5.74, 6) is -0.572. The zero-order valence-electron chi connectivity index (χ0n) is 49.2. The summed E-state index contributed by atoms with van der Waals surface area (Å²) in [6.07, 6.45) is 72.3. The van der Waals surface area contributed by atoms with Gasteiger partial charge in [-0.3, -0.25) is 14.2 Å². The van der Waals surface area contributed by atoms with Crippen LogP contribution in [0.4, 0.5) is 0 Å². The first-order chi connectivity index (χ1) is 36.4. The van der Waals surface area contributed by atoms with E-state index in [2.05, 4.69) is 111 Å². The molecule has 0 aromatic rings. The van der Waals surface area contributed by atoms with Crippen molar-refractivity contribution in [3.63, 3.8) is 0 Å². The van der Waals surface area contributed by atoms with Gasteiger partial charge in [0.25, 0.3) is 7.82 Å². The molecule has 0 bridgehead atoms.